The molecule has 0 aliphatic carbocycles. The number of nitro groups is 1. The topological polar surface area (TPSA) is 86.5 Å². The third-order valence-corrected chi connectivity index (χ3v) is 2.12. The van der Waals surface area contributed by atoms with Crippen LogP contribution in [0.3, 0.4) is 0 Å². The van der Waals surface area contributed by atoms with Gasteiger partial charge >= 0.3 is 5.97 Å². The molecule has 7 heteroatoms. The number of halogens is 1. The van der Waals surface area contributed by atoms with E-state index >= 15 is 0 Å². The lowest BCUT2D eigenvalue weighted by Crippen LogP contribution is -2.10. The van der Waals surface area contributed by atoms with Crippen molar-refractivity contribution in [2.45, 2.75) is 6.42 Å². The first-order valence-electron chi connectivity index (χ1n) is 4.49. The number of hydrogen-bond acceptors (Lipinski definition) is 5. The maximum atomic E-state index is 13.4. The molecule has 0 heterocycles. The zero-order chi connectivity index (χ0) is 13.0. The molecule has 0 unspecified atom stereocenters. The second-order valence-electron chi connectivity index (χ2n) is 3.09. The molecule has 0 aromatic heterocycles. The number of benzene rings is 1. The van der Waals surface area contributed by atoms with Crippen LogP contribution in [-0.4, -0.2) is 24.3 Å². The molecule has 0 atom stereocenters. The Labute approximate surface area is 95.1 Å². The number of methoxy groups -OCH3 is 1. The molecular weight excluding hydrogens is 233 g/mol. The molecule has 1 rings (SSSR count). The molecule has 1 aromatic carbocycles. The zero-order valence-corrected chi connectivity index (χ0v) is 8.81. The van der Waals surface area contributed by atoms with Gasteiger partial charge in [0.1, 0.15) is 5.82 Å². The Balaban J connectivity index is 3.38. The van der Waals surface area contributed by atoms with Crippen molar-refractivity contribution < 1.29 is 23.6 Å². The Morgan fingerprint density at radius 1 is 1.59 bits per heavy atom. The van der Waals surface area contributed by atoms with Gasteiger partial charge in [0.2, 0.25) is 0 Å². The highest BCUT2D eigenvalue weighted by Crippen LogP contribution is 2.26. The van der Waals surface area contributed by atoms with E-state index in [1.54, 1.807) is 0 Å². The molecule has 90 valence electrons. The van der Waals surface area contributed by atoms with Crippen molar-refractivity contribution in [2.24, 2.45) is 0 Å². The molecule has 1 aromatic rings. The average Bonchev–Trinajstić information content (AvgIpc) is 2.30. The van der Waals surface area contributed by atoms with Gasteiger partial charge in [-0.3, -0.25) is 19.7 Å². The molecular formula is C10H8FNO5. The molecule has 0 fully saturated rings. The highest BCUT2D eigenvalue weighted by atomic mass is 19.1. The lowest BCUT2D eigenvalue weighted by molar-refractivity contribution is -0.385. The maximum Gasteiger partial charge on any atom is 0.310 e. The molecule has 0 bridgehead atoms. The number of rotatable bonds is 4. The Hall–Kier alpha value is -2.31. The summed E-state index contributed by atoms with van der Waals surface area (Å²) >= 11 is 0. The third-order valence-electron chi connectivity index (χ3n) is 2.12. The monoisotopic (exact) mass is 241 g/mol. The smallest absolute Gasteiger partial charge is 0.310 e. The van der Waals surface area contributed by atoms with Gasteiger partial charge in [-0.15, -0.1) is 0 Å². The van der Waals surface area contributed by atoms with Crippen molar-refractivity contribution in [1.29, 1.82) is 0 Å². The van der Waals surface area contributed by atoms with Crippen molar-refractivity contribution in [3.8, 4) is 0 Å². The van der Waals surface area contributed by atoms with E-state index in [-0.39, 0.29) is 11.8 Å². The summed E-state index contributed by atoms with van der Waals surface area (Å²) in [7, 11) is 1.08. The zero-order valence-electron chi connectivity index (χ0n) is 8.81. The van der Waals surface area contributed by atoms with Gasteiger partial charge in [-0.1, -0.05) is 0 Å². The summed E-state index contributed by atoms with van der Waals surface area (Å²) < 4.78 is 17.7. The summed E-state index contributed by atoms with van der Waals surface area (Å²) in [6.07, 6.45) is -0.362. The first-order valence-corrected chi connectivity index (χ1v) is 4.49. The molecule has 6 nitrogen and oxygen atoms in total. The molecule has 0 saturated heterocycles. The summed E-state index contributed by atoms with van der Waals surface area (Å²) in [5.41, 5.74) is -1.44. The van der Waals surface area contributed by atoms with Gasteiger partial charge in [0.05, 0.1) is 29.6 Å². The minimum Gasteiger partial charge on any atom is -0.469 e. The summed E-state index contributed by atoms with van der Waals surface area (Å²) in [6.45, 7) is 0. The van der Waals surface area contributed by atoms with Crippen molar-refractivity contribution >= 4 is 17.9 Å². The molecule has 0 aliphatic heterocycles. The number of hydrogen-bond donors (Lipinski definition) is 0. The number of esters is 1. The number of carbonyl (C=O) groups excluding carboxylic acids is 2. The Morgan fingerprint density at radius 2 is 2.24 bits per heavy atom. The lowest BCUT2D eigenvalue weighted by atomic mass is 10.0. The van der Waals surface area contributed by atoms with Crippen LogP contribution in [0.4, 0.5) is 10.1 Å². The minimum absolute atomic E-state index is 0.234. The van der Waals surface area contributed by atoms with Gasteiger partial charge in [-0.05, 0) is 12.1 Å². The average molecular weight is 241 g/mol. The van der Waals surface area contributed by atoms with Crippen molar-refractivity contribution in [3.05, 3.63) is 39.2 Å². The largest absolute Gasteiger partial charge is 0.469 e. The van der Waals surface area contributed by atoms with E-state index in [2.05, 4.69) is 4.74 Å². The van der Waals surface area contributed by atoms with E-state index in [9.17, 15) is 24.1 Å². The number of ether oxygens (including phenoxy) is 1. The minimum atomic E-state index is -0.923. The van der Waals surface area contributed by atoms with E-state index in [0.717, 1.165) is 19.2 Å². The van der Waals surface area contributed by atoms with Gasteiger partial charge in [-0.2, -0.15) is 0 Å². The van der Waals surface area contributed by atoms with Crippen LogP contribution in [0.2, 0.25) is 0 Å². The van der Waals surface area contributed by atoms with Crippen LogP contribution in [0.5, 0.6) is 0 Å². The number of nitro benzene ring substituents is 1. The van der Waals surface area contributed by atoms with Gasteiger partial charge in [0.25, 0.3) is 5.69 Å². The molecule has 17 heavy (non-hydrogen) atoms. The highest BCUT2D eigenvalue weighted by Gasteiger charge is 2.25. The molecule has 0 saturated carbocycles. The first kappa shape index (κ1) is 12.8. The number of aldehydes is 1. The van der Waals surface area contributed by atoms with Crippen LogP contribution in [-0.2, 0) is 16.0 Å². The van der Waals surface area contributed by atoms with Crippen LogP contribution in [0.25, 0.3) is 0 Å². The molecule has 0 aliphatic rings. The second kappa shape index (κ2) is 5.15. The van der Waals surface area contributed by atoms with E-state index in [4.69, 9.17) is 0 Å². The van der Waals surface area contributed by atoms with Crippen LogP contribution in [0.1, 0.15) is 15.9 Å². The van der Waals surface area contributed by atoms with Gasteiger partial charge in [0.15, 0.2) is 6.29 Å². The van der Waals surface area contributed by atoms with E-state index < -0.39 is 34.4 Å². The van der Waals surface area contributed by atoms with Crippen LogP contribution < -0.4 is 0 Å². The summed E-state index contributed by atoms with van der Waals surface area (Å²) in [5.74, 6) is -1.75. The third kappa shape index (κ3) is 2.63. The van der Waals surface area contributed by atoms with Gasteiger partial charge in [-0.25, -0.2) is 4.39 Å². The fourth-order valence-electron chi connectivity index (χ4n) is 1.33. The Morgan fingerprint density at radius 3 is 2.71 bits per heavy atom. The van der Waals surface area contributed by atoms with Gasteiger partial charge in [0, 0.05) is 0 Å². The molecule has 0 amide bonds. The first-order chi connectivity index (χ1) is 8.01. The second-order valence-corrected chi connectivity index (χ2v) is 3.09. The van der Waals surface area contributed by atoms with Crippen molar-refractivity contribution in [3.63, 3.8) is 0 Å². The fourth-order valence-corrected chi connectivity index (χ4v) is 1.33. The number of nitrogens with zero attached hydrogens (tertiary/aromatic N) is 1. The van der Waals surface area contributed by atoms with Crippen LogP contribution >= 0.6 is 0 Å². The van der Waals surface area contributed by atoms with E-state index in [1.807, 2.05) is 0 Å². The Bertz CT molecular complexity index is 486. The van der Waals surface area contributed by atoms with Crippen LogP contribution in [0, 0.1) is 15.9 Å². The lowest BCUT2D eigenvalue weighted by Gasteiger charge is -2.05. The molecule has 0 spiro atoms. The highest BCUT2D eigenvalue weighted by molar-refractivity contribution is 5.84. The normalized spacial score (nSPS) is 9.76. The summed E-state index contributed by atoms with van der Waals surface area (Å²) in [4.78, 5) is 31.5. The predicted octanol–water partition coefficient (Wildman–Crippen LogP) is 1.26. The fraction of sp³-hybridized carbons (Fsp3) is 0.200. The van der Waals surface area contributed by atoms with E-state index in [0.29, 0.717) is 0 Å². The summed E-state index contributed by atoms with van der Waals surface area (Å²) in [5, 5.41) is 10.8. The van der Waals surface area contributed by atoms with Crippen molar-refractivity contribution in [1.82, 2.24) is 0 Å². The molecule has 0 radical (unpaired) electrons. The molecule has 0 N–H and O–H groups in total. The van der Waals surface area contributed by atoms with E-state index in [1.165, 1.54) is 0 Å². The van der Waals surface area contributed by atoms with Crippen molar-refractivity contribution in [2.75, 3.05) is 7.11 Å². The van der Waals surface area contributed by atoms with Crippen LogP contribution in [0.15, 0.2) is 12.1 Å². The Kier molecular flexibility index (Phi) is 3.86. The standard InChI is InChI=1S/C10H8FNO5/c1-17-9(14)4-7-8(11)3-2-6(5-13)10(7)12(15)16/h2-3,5H,4H2,1H3. The SMILES string of the molecule is COC(=O)Cc1c(F)ccc(C=O)c1[N+](=O)[O-]. The quantitative estimate of drug-likeness (QED) is 0.343. The predicted molar refractivity (Wildman–Crippen MR) is 54.2 cm³/mol. The maximum absolute atomic E-state index is 13.4. The van der Waals surface area contributed by atoms with Gasteiger partial charge < -0.3 is 4.74 Å². The number of carbonyl (C=O) groups is 2. The summed E-state index contributed by atoms with van der Waals surface area (Å²) in [6, 6.07) is 1.89.